The van der Waals surface area contributed by atoms with Crippen molar-refractivity contribution in [2.45, 2.75) is 89.8 Å². The van der Waals surface area contributed by atoms with Crippen LogP contribution in [0.4, 0.5) is 15.0 Å². The van der Waals surface area contributed by atoms with E-state index in [4.69, 9.17) is 9.72 Å². The Morgan fingerprint density at radius 3 is 2.17 bits per heavy atom. The van der Waals surface area contributed by atoms with Gasteiger partial charge in [-0.2, -0.15) is 10.2 Å². The number of rotatable bonds is 5. The van der Waals surface area contributed by atoms with Gasteiger partial charge in [0.25, 0.3) is 0 Å². The highest BCUT2D eigenvalue weighted by Crippen LogP contribution is 2.47. The summed E-state index contributed by atoms with van der Waals surface area (Å²) in [6, 6.07) is 9.49. The van der Waals surface area contributed by atoms with Gasteiger partial charge in [-0.1, -0.05) is 12.1 Å². The lowest BCUT2D eigenvalue weighted by Gasteiger charge is -2.45. The molecule has 3 aromatic heterocycles. The Balaban J connectivity index is 1.46. The second kappa shape index (κ2) is 11.4. The maximum absolute atomic E-state index is 15.2. The Bertz CT molecular complexity index is 1970. The molecule has 7 rings (SSSR count). The van der Waals surface area contributed by atoms with Crippen molar-refractivity contribution in [1.82, 2.24) is 29.4 Å². The minimum absolute atomic E-state index is 0.136. The Labute approximate surface area is 272 Å². The van der Waals surface area contributed by atoms with Crippen LogP contribution >= 0.6 is 0 Å². The molecule has 3 aliphatic rings. The Morgan fingerprint density at radius 1 is 1.00 bits per heavy atom. The van der Waals surface area contributed by atoms with Crippen molar-refractivity contribution in [2.75, 3.05) is 18.0 Å². The highest BCUT2D eigenvalue weighted by molar-refractivity contribution is 5.92. The van der Waals surface area contributed by atoms with Crippen LogP contribution in [-0.2, 0) is 4.74 Å². The number of hydrogen-bond acceptors (Lipinski definition) is 9. The number of piperazine rings is 1. The topological polar surface area (TPSA) is 130 Å². The number of carbonyl (C=O) groups excluding carboxylic acids is 1. The van der Waals surface area contributed by atoms with Gasteiger partial charge in [0.15, 0.2) is 5.65 Å². The van der Waals surface area contributed by atoms with E-state index >= 15 is 4.39 Å². The van der Waals surface area contributed by atoms with Gasteiger partial charge in [0.2, 0.25) is 0 Å². The lowest BCUT2D eigenvalue weighted by Crippen LogP contribution is -2.59. The summed E-state index contributed by atoms with van der Waals surface area (Å²) in [5.41, 5.74) is 1.66. The molecule has 242 valence electrons. The summed E-state index contributed by atoms with van der Waals surface area (Å²) in [4.78, 5) is 50.0. The van der Waals surface area contributed by atoms with E-state index in [1.807, 2.05) is 39.5 Å². The molecule has 0 spiro atoms. The van der Waals surface area contributed by atoms with Gasteiger partial charge in [0.05, 0.1) is 33.7 Å². The number of aromatic nitrogens is 5. The molecule has 11 nitrogen and oxygen atoms in total. The highest BCUT2D eigenvalue weighted by atomic mass is 19.1. The molecule has 2 atom stereocenters. The quantitative estimate of drug-likeness (QED) is 0.265. The third-order valence-corrected chi connectivity index (χ3v) is 8.94. The number of halogens is 1. The van der Waals surface area contributed by atoms with Crippen molar-refractivity contribution in [1.29, 1.82) is 5.26 Å². The molecule has 0 radical (unpaired) electrons. The van der Waals surface area contributed by atoms with Crippen molar-refractivity contribution in [2.24, 2.45) is 0 Å². The summed E-state index contributed by atoms with van der Waals surface area (Å²) in [6.07, 6.45) is 4.98. The second-order valence-corrected chi connectivity index (χ2v) is 13.9. The molecule has 47 heavy (non-hydrogen) atoms. The van der Waals surface area contributed by atoms with E-state index in [2.05, 4.69) is 21.0 Å². The summed E-state index contributed by atoms with van der Waals surface area (Å²) in [6.45, 7) is 10.1. The number of carbonyl (C=O) groups is 1. The zero-order valence-electron chi connectivity index (χ0n) is 27.2. The summed E-state index contributed by atoms with van der Waals surface area (Å²) < 4.78 is 22.4. The molecule has 1 aromatic carbocycles. The zero-order valence-corrected chi connectivity index (χ0v) is 27.2. The van der Waals surface area contributed by atoms with E-state index in [1.165, 1.54) is 10.6 Å². The van der Waals surface area contributed by atoms with Crippen molar-refractivity contribution in [3.8, 4) is 23.0 Å². The molecule has 1 aliphatic heterocycles. The van der Waals surface area contributed by atoms with Crippen molar-refractivity contribution < 1.29 is 13.9 Å². The number of nitrogens with zero attached hydrogens (tertiary/aromatic N) is 8. The fraction of sp³-hybridized carbons (Fsp3) is 0.457. The summed E-state index contributed by atoms with van der Waals surface area (Å²) in [7, 11) is 0. The van der Waals surface area contributed by atoms with Gasteiger partial charge in [-0.05, 0) is 78.5 Å². The van der Waals surface area contributed by atoms with Crippen molar-refractivity contribution in [3.05, 3.63) is 69.9 Å². The van der Waals surface area contributed by atoms with E-state index in [0.717, 1.165) is 37.1 Å². The van der Waals surface area contributed by atoms with E-state index in [1.54, 1.807) is 35.5 Å². The number of hydrogen-bond donors (Lipinski definition) is 0. The Kier molecular flexibility index (Phi) is 7.45. The lowest BCUT2D eigenvalue weighted by molar-refractivity contribution is 0.0192. The molecule has 0 unspecified atom stereocenters. The van der Waals surface area contributed by atoms with Gasteiger partial charge >= 0.3 is 11.8 Å². The molecule has 12 heteroatoms. The maximum Gasteiger partial charge on any atom is 0.410 e. The van der Waals surface area contributed by atoms with Crippen LogP contribution in [0.1, 0.15) is 89.1 Å². The molecule has 2 saturated carbocycles. The van der Waals surface area contributed by atoms with Crippen LogP contribution in [-0.4, -0.2) is 66.3 Å². The molecule has 2 aliphatic carbocycles. The SMILES string of the molecule is C[C@@H]1CN(C(=O)OC(C)(C)C)C[C@H](C)N1c1nc(=O)n(-c2c(C3CC3)ncnc2C2CC2)c2nc(-c3ccccc3F)c(C#N)cc12. The van der Waals surface area contributed by atoms with E-state index in [9.17, 15) is 14.9 Å². The van der Waals surface area contributed by atoms with E-state index in [0.29, 0.717) is 30.0 Å². The third-order valence-electron chi connectivity index (χ3n) is 8.94. The van der Waals surface area contributed by atoms with Crippen LogP contribution in [0, 0.1) is 17.1 Å². The third kappa shape index (κ3) is 5.68. The number of amides is 1. The molecule has 3 fully saturated rings. The fourth-order valence-corrected chi connectivity index (χ4v) is 6.63. The standard InChI is InChI=1S/C35H37FN8O3/c1-19-16-42(34(46)47-35(3,4)5)17-20(2)43(19)32-25-14-23(15-37)27(24-8-6-7-9-26(24)36)40-31(25)44(33(45)41-32)30-28(21-10-11-21)38-18-39-29(30)22-12-13-22/h6-9,14,18-22H,10-13,16-17H2,1-5H3/t19-,20+. The van der Waals surface area contributed by atoms with E-state index < -0.39 is 23.2 Å². The highest BCUT2D eigenvalue weighted by Gasteiger charge is 2.39. The zero-order chi connectivity index (χ0) is 33.2. The van der Waals surface area contributed by atoms with Crippen LogP contribution in [0.15, 0.2) is 41.5 Å². The summed E-state index contributed by atoms with van der Waals surface area (Å²) >= 11 is 0. The van der Waals surface area contributed by atoms with Gasteiger partial charge < -0.3 is 14.5 Å². The number of fused-ring (bicyclic) bond motifs is 1. The first-order valence-electron chi connectivity index (χ1n) is 16.2. The van der Waals surface area contributed by atoms with Crippen LogP contribution < -0.4 is 10.6 Å². The first-order valence-corrected chi connectivity index (χ1v) is 16.2. The fourth-order valence-electron chi connectivity index (χ4n) is 6.63. The Hall–Kier alpha value is -4.92. The molecule has 0 bridgehead atoms. The molecule has 1 saturated heterocycles. The minimum Gasteiger partial charge on any atom is -0.444 e. The second-order valence-electron chi connectivity index (χ2n) is 13.9. The van der Waals surface area contributed by atoms with Gasteiger partial charge in [0, 0.05) is 42.6 Å². The summed E-state index contributed by atoms with van der Waals surface area (Å²) in [5.74, 6) is 0.210. The molecule has 4 aromatic rings. The molecular formula is C35H37FN8O3. The van der Waals surface area contributed by atoms with Gasteiger partial charge in [-0.15, -0.1) is 0 Å². The monoisotopic (exact) mass is 636 g/mol. The van der Waals surface area contributed by atoms with Gasteiger partial charge in [-0.3, -0.25) is 0 Å². The number of pyridine rings is 1. The first kappa shape index (κ1) is 30.7. The van der Waals surface area contributed by atoms with Crippen LogP contribution in [0.2, 0.25) is 0 Å². The predicted molar refractivity (Wildman–Crippen MR) is 174 cm³/mol. The van der Waals surface area contributed by atoms with Crippen molar-refractivity contribution in [3.63, 3.8) is 0 Å². The summed E-state index contributed by atoms with van der Waals surface area (Å²) in [5, 5.41) is 10.8. The predicted octanol–water partition coefficient (Wildman–Crippen LogP) is 5.84. The van der Waals surface area contributed by atoms with E-state index in [-0.39, 0.29) is 46.4 Å². The average molecular weight is 637 g/mol. The van der Waals surface area contributed by atoms with Crippen molar-refractivity contribution >= 4 is 22.9 Å². The minimum atomic E-state index is -0.641. The van der Waals surface area contributed by atoms with Gasteiger partial charge in [-0.25, -0.2) is 33.5 Å². The molecule has 1 amide bonds. The van der Waals surface area contributed by atoms with Crippen LogP contribution in [0.3, 0.4) is 0 Å². The normalized spacial score (nSPS) is 19.9. The number of nitriles is 1. The van der Waals surface area contributed by atoms with Gasteiger partial charge in [0.1, 0.15) is 29.6 Å². The molecule has 0 N–H and O–H groups in total. The smallest absolute Gasteiger partial charge is 0.410 e. The average Bonchev–Trinajstić information content (AvgIpc) is 3.94. The van der Waals surface area contributed by atoms with Crippen LogP contribution in [0.25, 0.3) is 28.0 Å². The number of anilines is 1. The maximum atomic E-state index is 15.2. The first-order chi connectivity index (χ1) is 22.4. The number of benzene rings is 1. The number of ether oxygens (including phenoxy) is 1. The lowest BCUT2D eigenvalue weighted by atomic mass is 10.0. The Morgan fingerprint density at radius 2 is 1.62 bits per heavy atom. The molecule has 4 heterocycles. The van der Waals surface area contributed by atoms with Crippen LogP contribution in [0.5, 0.6) is 0 Å². The molecular weight excluding hydrogens is 599 g/mol. The largest absolute Gasteiger partial charge is 0.444 e.